The van der Waals surface area contributed by atoms with Crippen molar-refractivity contribution in [2.75, 3.05) is 58.3 Å². The molecule has 0 saturated carbocycles. The van der Waals surface area contributed by atoms with Gasteiger partial charge < -0.3 is 20.7 Å². The van der Waals surface area contributed by atoms with Gasteiger partial charge in [0.2, 0.25) is 0 Å². The second kappa shape index (κ2) is 12.4. The molecule has 0 aromatic heterocycles. The third-order valence-corrected chi connectivity index (χ3v) is 3.87. The third kappa shape index (κ3) is 7.32. The van der Waals surface area contributed by atoms with Gasteiger partial charge in [-0.3, -0.25) is 4.90 Å². The van der Waals surface area contributed by atoms with Crippen LogP contribution in [0.25, 0.3) is 0 Å². The van der Waals surface area contributed by atoms with Crippen LogP contribution in [0, 0.1) is 0 Å². The number of hydrogen-bond donors (Lipinski definition) is 2. The lowest BCUT2D eigenvalue weighted by Gasteiger charge is -2.36. The topological polar surface area (TPSA) is 68.3 Å². The predicted molar refractivity (Wildman–Crippen MR) is 108 cm³/mol. The molecule has 140 valence electrons. The number of piperazine rings is 1. The summed E-state index contributed by atoms with van der Waals surface area (Å²) < 4.78 is 0. The van der Waals surface area contributed by atoms with E-state index in [0.717, 1.165) is 44.8 Å². The van der Waals surface area contributed by atoms with E-state index in [2.05, 4.69) is 34.0 Å². The normalized spacial score (nSPS) is 15.3. The van der Waals surface area contributed by atoms with Gasteiger partial charge in [0.25, 0.3) is 0 Å². The van der Waals surface area contributed by atoms with Gasteiger partial charge in [-0.05, 0) is 38.4 Å². The highest BCUT2D eigenvalue weighted by Crippen LogP contribution is 2.17. The van der Waals surface area contributed by atoms with Crippen molar-refractivity contribution >= 4 is 48.7 Å². The van der Waals surface area contributed by atoms with Crippen LogP contribution in [0.3, 0.4) is 0 Å². The van der Waals surface area contributed by atoms with Gasteiger partial charge in [-0.25, -0.2) is 0 Å². The molecule has 0 unspecified atom stereocenters. The molecule has 0 radical (unpaired) electrons. The maximum atomic E-state index is 8.67. The van der Waals surface area contributed by atoms with E-state index in [-0.39, 0.29) is 43.1 Å². The number of likely N-dealkylation sites (N-methyl/N-ethyl adjacent to an activating group) is 1. The molecule has 2 rings (SSSR count). The average Bonchev–Trinajstić information content (AvgIpc) is 2.53. The van der Waals surface area contributed by atoms with Crippen molar-refractivity contribution in [2.45, 2.75) is 0 Å². The number of nitrogens with zero attached hydrogens (tertiary/aromatic N) is 4. The molecule has 1 aromatic carbocycles. The number of anilines is 1. The molecule has 1 fully saturated rings. The highest BCUT2D eigenvalue weighted by molar-refractivity contribution is 5.97. The van der Waals surface area contributed by atoms with Crippen LogP contribution in [0.5, 0.6) is 0 Å². The van der Waals surface area contributed by atoms with Gasteiger partial charge in [0.05, 0.1) is 0 Å². The first-order chi connectivity index (χ1) is 10.1. The first kappa shape index (κ1) is 25.3. The summed E-state index contributed by atoms with van der Waals surface area (Å²) in [7, 11) is 4.22. The molecule has 0 aliphatic carbocycles. The standard InChI is InChI=1S/C15H25N5O.3ClH/c1-18(2)7-8-19-9-11-20(12-10-19)14-5-3-13(4-6-14)15(16)17-21;;;/h3-6,21H,7-12H2,1-2H3,(H2,16,17);3*1H. The highest BCUT2D eigenvalue weighted by atomic mass is 35.5. The highest BCUT2D eigenvalue weighted by Gasteiger charge is 2.17. The molecule has 1 heterocycles. The summed E-state index contributed by atoms with van der Waals surface area (Å²) in [6.07, 6.45) is 0. The van der Waals surface area contributed by atoms with E-state index in [1.807, 2.05) is 24.3 Å². The van der Waals surface area contributed by atoms with Crippen molar-refractivity contribution in [1.82, 2.24) is 9.80 Å². The van der Waals surface area contributed by atoms with Crippen LogP contribution in [0.15, 0.2) is 29.4 Å². The minimum absolute atomic E-state index is 0. The number of benzene rings is 1. The van der Waals surface area contributed by atoms with Crippen molar-refractivity contribution in [3.63, 3.8) is 0 Å². The molecule has 1 saturated heterocycles. The molecule has 0 spiro atoms. The molecule has 6 nitrogen and oxygen atoms in total. The minimum atomic E-state index is 0. The lowest BCUT2D eigenvalue weighted by atomic mass is 10.1. The summed E-state index contributed by atoms with van der Waals surface area (Å²) in [4.78, 5) is 7.10. The largest absolute Gasteiger partial charge is 0.409 e. The van der Waals surface area contributed by atoms with E-state index >= 15 is 0 Å². The number of nitrogens with two attached hydrogens (primary N) is 1. The molecule has 1 aliphatic rings. The zero-order valence-electron chi connectivity index (χ0n) is 14.1. The molecular formula is C15H28Cl3N5O. The van der Waals surface area contributed by atoms with Crippen molar-refractivity contribution in [1.29, 1.82) is 0 Å². The molecule has 1 aliphatic heterocycles. The van der Waals surface area contributed by atoms with E-state index in [0.29, 0.717) is 0 Å². The fourth-order valence-electron chi connectivity index (χ4n) is 2.47. The maximum Gasteiger partial charge on any atom is 0.170 e. The number of oxime groups is 1. The Labute approximate surface area is 162 Å². The lowest BCUT2D eigenvalue weighted by Crippen LogP contribution is -2.48. The van der Waals surface area contributed by atoms with Crippen LogP contribution in [-0.2, 0) is 0 Å². The summed E-state index contributed by atoms with van der Waals surface area (Å²) >= 11 is 0. The zero-order valence-corrected chi connectivity index (χ0v) is 16.5. The Morgan fingerprint density at radius 2 is 1.62 bits per heavy atom. The average molecular weight is 401 g/mol. The Kier molecular flexibility index (Phi) is 13.1. The van der Waals surface area contributed by atoms with Gasteiger partial charge in [0.1, 0.15) is 0 Å². The minimum Gasteiger partial charge on any atom is -0.409 e. The summed E-state index contributed by atoms with van der Waals surface area (Å²) in [6, 6.07) is 7.84. The molecule has 9 heteroatoms. The van der Waals surface area contributed by atoms with Gasteiger partial charge in [-0.1, -0.05) is 5.16 Å². The first-order valence-electron chi connectivity index (χ1n) is 7.30. The van der Waals surface area contributed by atoms with E-state index in [1.54, 1.807) is 0 Å². The van der Waals surface area contributed by atoms with Crippen LogP contribution in [0.1, 0.15) is 5.56 Å². The van der Waals surface area contributed by atoms with Crippen molar-refractivity contribution in [3.05, 3.63) is 29.8 Å². The zero-order chi connectivity index (χ0) is 15.2. The van der Waals surface area contributed by atoms with Crippen molar-refractivity contribution < 1.29 is 5.21 Å². The molecular weight excluding hydrogens is 373 g/mol. The molecule has 0 atom stereocenters. The number of amidine groups is 1. The second-order valence-corrected chi connectivity index (χ2v) is 5.66. The second-order valence-electron chi connectivity index (χ2n) is 5.66. The SMILES string of the molecule is CN(C)CCN1CCN(c2ccc(C(N)=NO)cc2)CC1.Cl.Cl.Cl. The van der Waals surface area contributed by atoms with Crippen molar-refractivity contribution in [2.24, 2.45) is 10.9 Å². The van der Waals surface area contributed by atoms with Crippen LogP contribution in [-0.4, -0.2) is 74.2 Å². The fraction of sp³-hybridized carbons (Fsp3) is 0.533. The van der Waals surface area contributed by atoms with Gasteiger partial charge in [-0.2, -0.15) is 0 Å². The molecule has 24 heavy (non-hydrogen) atoms. The van der Waals surface area contributed by atoms with Crippen LogP contribution >= 0.6 is 37.2 Å². The predicted octanol–water partition coefficient (Wildman–Crippen LogP) is 1.73. The maximum absolute atomic E-state index is 8.67. The van der Waals surface area contributed by atoms with E-state index in [9.17, 15) is 0 Å². The van der Waals surface area contributed by atoms with Gasteiger partial charge in [0, 0.05) is 50.5 Å². The summed E-state index contributed by atoms with van der Waals surface area (Å²) in [5.74, 6) is 0.148. The quantitative estimate of drug-likeness (QED) is 0.341. The van der Waals surface area contributed by atoms with Crippen molar-refractivity contribution in [3.8, 4) is 0 Å². The number of rotatable bonds is 5. The molecule has 0 amide bonds. The summed E-state index contributed by atoms with van der Waals surface area (Å²) in [5, 5.41) is 11.7. The number of hydrogen-bond acceptors (Lipinski definition) is 5. The summed E-state index contributed by atoms with van der Waals surface area (Å²) in [6.45, 7) is 6.50. The molecule has 1 aromatic rings. The van der Waals surface area contributed by atoms with Crippen LogP contribution < -0.4 is 10.6 Å². The Bertz CT molecular complexity index is 477. The number of halogens is 3. The Balaban J connectivity index is 0. The Morgan fingerprint density at radius 1 is 1.08 bits per heavy atom. The fourth-order valence-corrected chi connectivity index (χ4v) is 2.47. The van der Waals surface area contributed by atoms with E-state index in [4.69, 9.17) is 10.9 Å². The van der Waals surface area contributed by atoms with E-state index in [1.165, 1.54) is 5.69 Å². The third-order valence-electron chi connectivity index (χ3n) is 3.87. The smallest absolute Gasteiger partial charge is 0.170 e. The molecule has 0 bridgehead atoms. The van der Waals surface area contributed by atoms with Gasteiger partial charge in [0.15, 0.2) is 5.84 Å². The van der Waals surface area contributed by atoms with Crippen LogP contribution in [0.4, 0.5) is 5.69 Å². The Hall–Kier alpha value is -0.920. The van der Waals surface area contributed by atoms with Crippen LogP contribution in [0.2, 0.25) is 0 Å². The lowest BCUT2D eigenvalue weighted by molar-refractivity contribution is 0.229. The van der Waals surface area contributed by atoms with Gasteiger partial charge >= 0.3 is 0 Å². The summed E-state index contributed by atoms with van der Waals surface area (Å²) in [5.41, 5.74) is 7.51. The first-order valence-corrected chi connectivity index (χ1v) is 7.30. The monoisotopic (exact) mass is 399 g/mol. The Morgan fingerprint density at radius 3 is 2.08 bits per heavy atom. The molecule has 3 N–H and O–H groups in total. The van der Waals surface area contributed by atoms with E-state index < -0.39 is 0 Å². The van der Waals surface area contributed by atoms with Gasteiger partial charge in [-0.15, -0.1) is 37.2 Å².